The molecule has 6 heteroatoms. The number of aromatic nitrogens is 2. The minimum Gasteiger partial charge on any atom is -0.467 e. The Morgan fingerprint density at radius 3 is 2.95 bits per heavy atom. The molecule has 2 aromatic heterocycles. The van der Waals surface area contributed by atoms with E-state index >= 15 is 0 Å². The van der Waals surface area contributed by atoms with Crippen LogP contribution in [-0.4, -0.2) is 33.9 Å². The monoisotopic (exact) mass is 272 g/mol. The Kier molecular flexibility index (Phi) is 3.62. The second-order valence-electron chi connectivity index (χ2n) is 4.70. The number of hydrogen-bond acceptors (Lipinski definition) is 5. The fraction of sp³-hybridized carbons (Fsp3) is 0.357. The molecule has 0 unspecified atom stereocenters. The predicted molar refractivity (Wildman–Crippen MR) is 73.2 cm³/mol. The second kappa shape index (κ2) is 5.73. The SMILES string of the molecule is O=C(c1ccnc(NCc2ccco2)n1)N1CCCC1. The molecule has 20 heavy (non-hydrogen) atoms. The molecule has 6 nitrogen and oxygen atoms in total. The third kappa shape index (κ3) is 2.79. The van der Waals surface area contributed by atoms with Crippen molar-refractivity contribution in [2.24, 2.45) is 0 Å². The number of nitrogens with zero attached hydrogens (tertiary/aromatic N) is 3. The first-order valence-electron chi connectivity index (χ1n) is 6.71. The molecule has 1 amide bonds. The molecule has 3 rings (SSSR count). The zero-order chi connectivity index (χ0) is 13.8. The highest BCUT2D eigenvalue weighted by Gasteiger charge is 2.20. The lowest BCUT2D eigenvalue weighted by atomic mass is 10.3. The lowest BCUT2D eigenvalue weighted by Crippen LogP contribution is -2.28. The minimum atomic E-state index is -0.0223. The molecule has 0 spiro atoms. The van der Waals surface area contributed by atoms with Crippen molar-refractivity contribution in [1.29, 1.82) is 0 Å². The number of rotatable bonds is 4. The van der Waals surface area contributed by atoms with Gasteiger partial charge in [0.2, 0.25) is 5.95 Å². The molecule has 2 aromatic rings. The summed E-state index contributed by atoms with van der Waals surface area (Å²) >= 11 is 0. The molecule has 1 aliphatic heterocycles. The van der Waals surface area contributed by atoms with Gasteiger partial charge in [0.1, 0.15) is 11.5 Å². The van der Waals surface area contributed by atoms with Crippen LogP contribution in [0, 0.1) is 0 Å². The molecule has 0 aromatic carbocycles. The number of furan rings is 1. The minimum absolute atomic E-state index is 0.0223. The van der Waals surface area contributed by atoms with Crippen molar-refractivity contribution in [2.45, 2.75) is 19.4 Å². The van der Waals surface area contributed by atoms with Gasteiger partial charge in [-0.15, -0.1) is 0 Å². The van der Waals surface area contributed by atoms with Crippen LogP contribution in [0.2, 0.25) is 0 Å². The van der Waals surface area contributed by atoms with Crippen molar-refractivity contribution in [3.8, 4) is 0 Å². The Morgan fingerprint density at radius 2 is 2.20 bits per heavy atom. The Bertz CT molecular complexity index is 577. The molecular weight excluding hydrogens is 256 g/mol. The van der Waals surface area contributed by atoms with Crippen LogP contribution >= 0.6 is 0 Å². The van der Waals surface area contributed by atoms with Crippen molar-refractivity contribution >= 4 is 11.9 Å². The third-order valence-corrected chi connectivity index (χ3v) is 3.27. The molecule has 0 radical (unpaired) electrons. The van der Waals surface area contributed by atoms with Crippen molar-refractivity contribution in [1.82, 2.24) is 14.9 Å². The van der Waals surface area contributed by atoms with Crippen LogP contribution in [0.5, 0.6) is 0 Å². The second-order valence-corrected chi connectivity index (χ2v) is 4.70. The van der Waals surface area contributed by atoms with Gasteiger partial charge in [0.15, 0.2) is 0 Å². The van der Waals surface area contributed by atoms with E-state index in [1.54, 1.807) is 18.5 Å². The van der Waals surface area contributed by atoms with Gasteiger partial charge in [-0.05, 0) is 31.0 Å². The molecule has 1 fully saturated rings. The molecule has 0 bridgehead atoms. The molecular formula is C14H16N4O2. The fourth-order valence-corrected chi connectivity index (χ4v) is 2.22. The lowest BCUT2D eigenvalue weighted by Gasteiger charge is -2.14. The van der Waals surface area contributed by atoms with Gasteiger partial charge in [0.25, 0.3) is 5.91 Å². The molecule has 0 saturated carbocycles. The van der Waals surface area contributed by atoms with E-state index in [1.807, 2.05) is 17.0 Å². The maximum absolute atomic E-state index is 12.2. The summed E-state index contributed by atoms with van der Waals surface area (Å²) in [7, 11) is 0. The summed E-state index contributed by atoms with van der Waals surface area (Å²) in [6.07, 6.45) is 5.35. The van der Waals surface area contributed by atoms with Gasteiger partial charge in [0.05, 0.1) is 12.8 Å². The van der Waals surface area contributed by atoms with Gasteiger partial charge in [-0.2, -0.15) is 0 Å². The number of nitrogens with one attached hydrogen (secondary N) is 1. The fourth-order valence-electron chi connectivity index (χ4n) is 2.22. The summed E-state index contributed by atoms with van der Waals surface area (Å²) in [5.41, 5.74) is 0.434. The lowest BCUT2D eigenvalue weighted by molar-refractivity contribution is 0.0787. The maximum Gasteiger partial charge on any atom is 0.272 e. The highest BCUT2D eigenvalue weighted by Crippen LogP contribution is 2.12. The Hall–Kier alpha value is -2.37. The van der Waals surface area contributed by atoms with E-state index in [2.05, 4.69) is 15.3 Å². The average Bonchev–Trinajstić information content (AvgIpc) is 3.18. The van der Waals surface area contributed by atoms with Crippen LogP contribution in [0.25, 0.3) is 0 Å². The highest BCUT2D eigenvalue weighted by molar-refractivity contribution is 5.92. The van der Waals surface area contributed by atoms with Crippen molar-refractivity contribution in [3.63, 3.8) is 0 Å². The number of carbonyl (C=O) groups is 1. The van der Waals surface area contributed by atoms with E-state index < -0.39 is 0 Å². The van der Waals surface area contributed by atoms with Crippen molar-refractivity contribution < 1.29 is 9.21 Å². The van der Waals surface area contributed by atoms with Gasteiger partial charge in [-0.3, -0.25) is 4.79 Å². The summed E-state index contributed by atoms with van der Waals surface area (Å²) in [5.74, 6) is 1.21. The van der Waals surface area contributed by atoms with E-state index in [-0.39, 0.29) is 5.91 Å². The molecule has 104 valence electrons. The third-order valence-electron chi connectivity index (χ3n) is 3.27. The van der Waals surface area contributed by atoms with Gasteiger partial charge in [-0.1, -0.05) is 0 Å². The van der Waals surface area contributed by atoms with Gasteiger partial charge < -0.3 is 14.6 Å². The van der Waals surface area contributed by atoms with Crippen LogP contribution in [0.15, 0.2) is 35.1 Å². The first-order chi connectivity index (χ1) is 9.83. The van der Waals surface area contributed by atoms with Crippen LogP contribution in [0.4, 0.5) is 5.95 Å². The Morgan fingerprint density at radius 1 is 1.35 bits per heavy atom. The highest BCUT2D eigenvalue weighted by atomic mass is 16.3. The van der Waals surface area contributed by atoms with Crippen LogP contribution in [0.1, 0.15) is 29.1 Å². The van der Waals surface area contributed by atoms with E-state index in [9.17, 15) is 4.79 Å². The zero-order valence-corrected chi connectivity index (χ0v) is 11.1. The quantitative estimate of drug-likeness (QED) is 0.920. The number of likely N-dealkylation sites (tertiary alicyclic amines) is 1. The van der Waals surface area contributed by atoms with Gasteiger partial charge in [-0.25, -0.2) is 9.97 Å². The molecule has 1 saturated heterocycles. The van der Waals surface area contributed by atoms with Crippen LogP contribution in [0.3, 0.4) is 0 Å². The van der Waals surface area contributed by atoms with E-state index in [4.69, 9.17) is 4.42 Å². The van der Waals surface area contributed by atoms with E-state index in [0.29, 0.717) is 18.2 Å². The van der Waals surface area contributed by atoms with E-state index in [0.717, 1.165) is 31.7 Å². The number of amides is 1. The number of hydrogen-bond donors (Lipinski definition) is 1. The first kappa shape index (κ1) is 12.7. The van der Waals surface area contributed by atoms with Crippen molar-refractivity contribution in [2.75, 3.05) is 18.4 Å². The Balaban J connectivity index is 1.67. The largest absolute Gasteiger partial charge is 0.467 e. The average molecular weight is 272 g/mol. The van der Waals surface area contributed by atoms with Gasteiger partial charge >= 0.3 is 0 Å². The summed E-state index contributed by atoms with van der Waals surface area (Å²) in [5, 5.41) is 3.05. The van der Waals surface area contributed by atoms with Crippen molar-refractivity contribution in [3.05, 3.63) is 42.1 Å². The Labute approximate surface area is 116 Å². The summed E-state index contributed by atoms with van der Waals surface area (Å²) < 4.78 is 5.22. The van der Waals surface area contributed by atoms with E-state index in [1.165, 1.54) is 0 Å². The van der Waals surface area contributed by atoms with Crippen LogP contribution in [-0.2, 0) is 6.54 Å². The molecule has 1 aliphatic rings. The topological polar surface area (TPSA) is 71.3 Å². The van der Waals surface area contributed by atoms with Crippen LogP contribution < -0.4 is 5.32 Å². The molecule has 3 heterocycles. The summed E-state index contributed by atoms with van der Waals surface area (Å²) in [4.78, 5) is 22.4. The maximum atomic E-state index is 12.2. The normalized spacial score (nSPS) is 14.5. The number of carbonyl (C=O) groups excluding carboxylic acids is 1. The zero-order valence-electron chi connectivity index (χ0n) is 11.1. The number of anilines is 1. The molecule has 1 N–H and O–H groups in total. The summed E-state index contributed by atoms with van der Waals surface area (Å²) in [6.45, 7) is 2.13. The summed E-state index contributed by atoms with van der Waals surface area (Å²) in [6, 6.07) is 5.34. The smallest absolute Gasteiger partial charge is 0.272 e. The predicted octanol–water partition coefficient (Wildman–Crippen LogP) is 1.92. The van der Waals surface area contributed by atoms with Gasteiger partial charge in [0, 0.05) is 19.3 Å². The first-order valence-corrected chi connectivity index (χ1v) is 6.71. The standard InChI is InChI=1S/C14H16N4O2/c19-13(18-7-1-2-8-18)12-5-6-15-14(17-12)16-10-11-4-3-9-20-11/h3-6,9H,1-2,7-8,10H2,(H,15,16,17). The molecule has 0 atom stereocenters. The molecule has 0 aliphatic carbocycles.